The second-order valence-corrected chi connectivity index (χ2v) is 6.07. The molecule has 0 aromatic heterocycles. The Kier molecular flexibility index (Phi) is 3.52. The molecule has 1 amide bonds. The molecule has 3 rings (SSSR count). The van der Waals surface area contributed by atoms with E-state index in [1.54, 1.807) is 0 Å². The summed E-state index contributed by atoms with van der Waals surface area (Å²) in [4.78, 5) is 12.0. The van der Waals surface area contributed by atoms with Gasteiger partial charge in [0.25, 0.3) is 0 Å². The molecule has 2 aliphatic rings. The Hall–Kier alpha value is -1.39. The van der Waals surface area contributed by atoms with Crippen LogP contribution < -0.4 is 5.32 Å². The normalized spacial score (nSPS) is 33.1. The van der Waals surface area contributed by atoms with Crippen LogP contribution in [0.15, 0.2) is 24.3 Å². The van der Waals surface area contributed by atoms with E-state index in [1.165, 1.54) is 0 Å². The van der Waals surface area contributed by atoms with Crippen LogP contribution in [0.25, 0.3) is 0 Å². The second-order valence-electron chi connectivity index (χ2n) is 6.07. The second kappa shape index (κ2) is 5.19. The number of amides is 1. The highest BCUT2D eigenvalue weighted by molar-refractivity contribution is 5.81. The number of nitrogens with one attached hydrogen (secondary N) is 1. The number of benzene rings is 1. The third kappa shape index (κ3) is 2.45. The molecule has 1 aromatic rings. The molecular formula is C16H21NO3. The lowest BCUT2D eigenvalue weighted by atomic mass is 9.90. The van der Waals surface area contributed by atoms with Crippen molar-refractivity contribution in [1.82, 2.24) is 5.32 Å². The Morgan fingerprint density at radius 3 is 2.60 bits per heavy atom. The molecule has 2 aliphatic carbocycles. The minimum atomic E-state index is -0.887. The summed E-state index contributed by atoms with van der Waals surface area (Å²) in [5.41, 5.74) is 2.23. The van der Waals surface area contributed by atoms with E-state index in [0.29, 0.717) is 6.42 Å². The van der Waals surface area contributed by atoms with Gasteiger partial charge in [-0.3, -0.25) is 4.79 Å². The van der Waals surface area contributed by atoms with Gasteiger partial charge in [-0.2, -0.15) is 0 Å². The highest BCUT2D eigenvalue weighted by atomic mass is 16.3. The molecule has 20 heavy (non-hydrogen) atoms. The molecule has 1 aromatic carbocycles. The van der Waals surface area contributed by atoms with Gasteiger partial charge in [0.2, 0.25) is 5.91 Å². The van der Waals surface area contributed by atoms with Crippen molar-refractivity contribution in [3.8, 4) is 0 Å². The Morgan fingerprint density at radius 2 is 1.95 bits per heavy atom. The lowest BCUT2D eigenvalue weighted by molar-refractivity contribution is -0.124. The number of aliphatic hydroxyl groups is 2. The minimum Gasteiger partial charge on any atom is -0.390 e. The Bertz CT molecular complexity index is 512. The molecule has 2 saturated carbocycles. The number of rotatable bonds is 3. The van der Waals surface area contributed by atoms with E-state index in [0.717, 1.165) is 24.0 Å². The van der Waals surface area contributed by atoms with E-state index in [-0.39, 0.29) is 23.8 Å². The summed E-state index contributed by atoms with van der Waals surface area (Å²) in [5.74, 6) is 0.100. The molecule has 0 aliphatic heterocycles. The van der Waals surface area contributed by atoms with Gasteiger partial charge >= 0.3 is 0 Å². The van der Waals surface area contributed by atoms with Gasteiger partial charge in [-0.1, -0.05) is 24.3 Å². The predicted molar refractivity (Wildman–Crippen MR) is 75.2 cm³/mol. The number of aryl methyl sites for hydroxylation is 1. The van der Waals surface area contributed by atoms with E-state index < -0.39 is 12.2 Å². The number of aliphatic hydroxyl groups excluding tert-OH is 2. The van der Waals surface area contributed by atoms with Crippen molar-refractivity contribution in [3.05, 3.63) is 35.4 Å². The quantitative estimate of drug-likeness (QED) is 0.773. The first-order valence-electron chi connectivity index (χ1n) is 7.30. The lowest BCUT2D eigenvalue weighted by Gasteiger charge is -2.25. The van der Waals surface area contributed by atoms with E-state index in [1.807, 2.05) is 31.2 Å². The SMILES string of the molecule is Cc1ccccc1C1CC(O)C(O)C1NC(=O)C1CC1. The summed E-state index contributed by atoms with van der Waals surface area (Å²) < 4.78 is 0. The average Bonchev–Trinajstić information content (AvgIpc) is 3.23. The first kappa shape index (κ1) is 13.6. The summed E-state index contributed by atoms with van der Waals surface area (Å²) in [6, 6.07) is 7.57. The highest BCUT2D eigenvalue weighted by Crippen LogP contribution is 2.38. The summed E-state index contributed by atoms with van der Waals surface area (Å²) in [6.07, 6.45) is 0.700. The van der Waals surface area contributed by atoms with Gasteiger partial charge in [-0.15, -0.1) is 0 Å². The van der Waals surface area contributed by atoms with Gasteiger partial charge in [-0.05, 0) is 37.3 Å². The van der Waals surface area contributed by atoms with E-state index >= 15 is 0 Å². The summed E-state index contributed by atoms with van der Waals surface area (Å²) in [5, 5.41) is 23.1. The zero-order valence-corrected chi connectivity index (χ0v) is 11.6. The van der Waals surface area contributed by atoms with Gasteiger partial charge in [0.1, 0.15) is 6.10 Å². The molecule has 108 valence electrons. The third-order valence-corrected chi connectivity index (χ3v) is 4.54. The maximum atomic E-state index is 12.0. The van der Waals surface area contributed by atoms with Crippen LogP contribution in [0.4, 0.5) is 0 Å². The molecule has 4 nitrogen and oxygen atoms in total. The predicted octanol–water partition coefficient (Wildman–Crippen LogP) is 1.10. The van der Waals surface area contributed by atoms with Crippen LogP contribution in [0.3, 0.4) is 0 Å². The van der Waals surface area contributed by atoms with Crippen molar-refractivity contribution in [2.75, 3.05) is 0 Å². The molecule has 0 heterocycles. The number of hydrogen-bond acceptors (Lipinski definition) is 3. The molecule has 0 radical (unpaired) electrons. The van der Waals surface area contributed by atoms with E-state index in [4.69, 9.17) is 0 Å². The molecule has 0 bridgehead atoms. The van der Waals surface area contributed by atoms with Crippen molar-refractivity contribution in [2.45, 2.75) is 50.4 Å². The highest BCUT2D eigenvalue weighted by Gasteiger charge is 2.44. The fourth-order valence-electron chi connectivity index (χ4n) is 3.16. The topological polar surface area (TPSA) is 69.6 Å². The molecular weight excluding hydrogens is 254 g/mol. The maximum absolute atomic E-state index is 12.0. The van der Waals surface area contributed by atoms with Crippen molar-refractivity contribution in [3.63, 3.8) is 0 Å². The summed E-state index contributed by atoms with van der Waals surface area (Å²) in [7, 11) is 0. The van der Waals surface area contributed by atoms with Crippen LogP contribution in [-0.4, -0.2) is 34.4 Å². The van der Waals surface area contributed by atoms with Crippen LogP contribution in [-0.2, 0) is 4.79 Å². The molecule has 4 atom stereocenters. The van der Waals surface area contributed by atoms with Crippen LogP contribution in [0, 0.1) is 12.8 Å². The summed E-state index contributed by atoms with van der Waals surface area (Å²) in [6.45, 7) is 2.02. The van der Waals surface area contributed by atoms with Gasteiger partial charge in [0, 0.05) is 11.8 Å². The molecule has 0 saturated heterocycles. The van der Waals surface area contributed by atoms with Gasteiger partial charge in [0.15, 0.2) is 0 Å². The van der Waals surface area contributed by atoms with Gasteiger partial charge < -0.3 is 15.5 Å². The first-order chi connectivity index (χ1) is 9.58. The van der Waals surface area contributed by atoms with E-state index in [9.17, 15) is 15.0 Å². The number of hydrogen-bond donors (Lipinski definition) is 3. The standard InChI is InChI=1S/C16H21NO3/c1-9-4-2-3-5-11(9)12-8-13(18)15(19)14(12)17-16(20)10-6-7-10/h2-5,10,12-15,18-19H,6-8H2,1H3,(H,17,20). The zero-order valence-electron chi connectivity index (χ0n) is 11.6. The average molecular weight is 275 g/mol. The van der Waals surface area contributed by atoms with Crippen LogP contribution >= 0.6 is 0 Å². The first-order valence-corrected chi connectivity index (χ1v) is 7.30. The molecule has 4 unspecified atom stereocenters. The van der Waals surface area contributed by atoms with E-state index in [2.05, 4.69) is 5.32 Å². The Morgan fingerprint density at radius 1 is 1.25 bits per heavy atom. The van der Waals surface area contributed by atoms with Gasteiger partial charge in [0.05, 0.1) is 12.1 Å². The van der Waals surface area contributed by atoms with Crippen molar-refractivity contribution in [1.29, 1.82) is 0 Å². The van der Waals surface area contributed by atoms with Crippen molar-refractivity contribution < 1.29 is 15.0 Å². The zero-order chi connectivity index (χ0) is 14.3. The minimum absolute atomic E-state index is 0.0155. The summed E-state index contributed by atoms with van der Waals surface area (Å²) >= 11 is 0. The monoisotopic (exact) mass is 275 g/mol. The van der Waals surface area contributed by atoms with Gasteiger partial charge in [-0.25, -0.2) is 0 Å². The van der Waals surface area contributed by atoms with Crippen LogP contribution in [0.1, 0.15) is 36.3 Å². The molecule has 3 N–H and O–H groups in total. The number of carbonyl (C=O) groups is 1. The Balaban J connectivity index is 1.83. The van der Waals surface area contributed by atoms with Crippen LogP contribution in [0.5, 0.6) is 0 Å². The van der Waals surface area contributed by atoms with Crippen LogP contribution in [0.2, 0.25) is 0 Å². The molecule has 2 fully saturated rings. The maximum Gasteiger partial charge on any atom is 0.223 e. The largest absolute Gasteiger partial charge is 0.390 e. The fourth-order valence-corrected chi connectivity index (χ4v) is 3.16. The Labute approximate surface area is 118 Å². The third-order valence-electron chi connectivity index (χ3n) is 4.54. The lowest BCUT2D eigenvalue weighted by Crippen LogP contribution is -2.45. The smallest absolute Gasteiger partial charge is 0.223 e. The molecule has 4 heteroatoms. The fraction of sp³-hybridized carbons (Fsp3) is 0.562. The van der Waals surface area contributed by atoms with Crippen molar-refractivity contribution in [2.24, 2.45) is 5.92 Å². The van der Waals surface area contributed by atoms with Crippen molar-refractivity contribution >= 4 is 5.91 Å². The number of carbonyl (C=O) groups excluding carboxylic acids is 1. The molecule has 0 spiro atoms.